The van der Waals surface area contributed by atoms with Crippen LogP contribution in [0.3, 0.4) is 0 Å². The Kier molecular flexibility index (Phi) is 2.43. The molecule has 1 fully saturated rings. The molecule has 0 spiro atoms. The predicted octanol–water partition coefficient (Wildman–Crippen LogP) is 3.81. The maximum Gasteiger partial charge on any atom is 0.0584 e. The second-order valence-electron chi connectivity index (χ2n) is 4.03. The van der Waals surface area contributed by atoms with E-state index in [2.05, 4.69) is 17.4 Å². The predicted molar refractivity (Wildman–Crippen MR) is 66.7 cm³/mol. The van der Waals surface area contributed by atoms with Gasteiger partial charge in [-0.3, -0.25) is 0 Å². The van der Waals surface area contributed by atoms with Crippen LogP contribution in [0.1, 0.15) is 17.7 Å². The van der Waals surface area contributed by atoms with Gasteiger partial charge in [-0.05, 0) is 30.4 Å². The molecule has 1 N–H and O–H groups in total. The normalized spacial score (nSPS) is 16.1. The molecular weight excluding hydrogens is 226 g/mol. The average Bonchev–Trinajstić information content (AvgIpc) is 2.95. The van der Waals surface area contributed by atoms with Crippen molar-refractivity contribution in [3.05, 3.63) is 34.2 Å². The molecule has 0 amide bonds. The molecule has 3 rings (SSSR count). The number of rotatable bonds is 3. The van der Waals surface area contributed by atoms with Gasteiger partial charge in [0.1, 0.15) is 0 Å². The van der Waals surface area contributed by atoms with E-state index >= 15 is 0 Å². The summed E-state index contributed by atoms with van der Waals surface area (Å²) in [5, 5.41) is 5.66. The SMILES string of the molecule is Clc1cccc2cc(CNC3CC3)sc12. The number of halogens is 1. The first kappa shape index (κ1) is 9.64. The van der Waals surface area contributed by atoms with Crippen LogP contribution in [0.5, 0.6) is 0 Å². The Labute approximate surface area is 98.1 Å². The van der Waals surface area contributed by atoms with Crippen molar-refractivity contribution in [1.29, 1.82) is 0 Å². The summed E-state index contributed by atoms with van der Waals surface area (Å²) in [6.07, 6.45) is 2.68. The molecule has 2 aromatic rings. The largest absolute Gasteiger partial charge is 0.309 e. The molecule has 0 saturated heterocycles. The number of hydrogen-bond donors (Lipinski definition) is 1. The Morgan fingerprint density at radius 2 is 2.27 bits per heavy atom. The van der Waals surface area contributed by atoms with E-state index in [9.17, 15) is 0 Å². The van der Waals surface area contributed by atoms with Crippen LogP contribution in [-0.2, 0) is 6.54 Å². The fourth-order valence-electron chi connectivity index (χ4n) is 1.70. The van der Waals surface area contributed by atoms with E-state index in [1.54, 1.807) is 11.3 Å². The Hall–Kier alpha value is -0.570. The fourth-order valence-corrected chi connectivity index (χ4v) is 3.01. The molecular formula is C12H12ClNS. The maximum absolute atomic E-state index is 6.14. The zero-order valence-electron chi connectivity index (χ0n) is 8.29. The molecule has 0 atom stereocenters. The Balaban J connectivity index is 1.88. The summed E-state index contributed by atoms with van der Waals surface area (Å²) in [6.45, 7) is 0.986. The van der Waals surface area contributed by atoms with Crippen molar-refractivity contribution in [1.82, 2.24) is 5.32 Å². The van der Waals surface area contributed by atoms with E-state index in [0.717, 1.165) is 17.6 Å². The van der Waals surface area contributed by atoms with Gasteiger partial charge in [0.05, 0.1) is 9.72 Å². The van der Waals surface area contributed by atoms with Crippen molar-refractivity contribution in [3.8, 4) is 0 Å². The van der Waals surface area contributed by atoms with Gasteiger partial charge >= 0.3 is 0 Å². The monoisotopic (exact) mass is 237 g/mol. The molecule has 1 aromatic heterocycles. The minimum Gasteiger partial charge on any atom is -0.309 e. The standard InChI is InChI=1S/C12H12ClNS/c13-11-3-1-2-8-6-10(15-12(8)11)7-14-9-4-5-9/h1-3,6,9,14H,4-5,7H2. The van der Waals surface area contributed by atoms with E-state index in [-0.39, 0.29) is 0 Å². The third kappa shape index (κ3) is 2.03. The maximum atomic E-state index is 6.14. The Morgan fingerprint density at radius 1 is 1.40 bits per heavy atom. The topological polar surface area (TPSA) is 12.0 Å². The first-order valence-corrected chi connectivity index (χ1v) is 6.43. The van der Waals surface area contributed by atoms with E-state index < -0.39 is 0 Å². The second kappa shape index (κ2) is 3.78. The number of benzene rings is 1. The zero-order chi connectivity index (χ0) is 10.3. The summed E-state index contributed by atoms with van der Waals surface area (Å²) >= 11 is 7.93. The van der Waals surface area contributed by atoms with Gasteiger partial charge in [0.2, 0.25) is 0 Å². The first-order chi connectivity index (χ1) is 7.33. The van der Waals surface area contributed by atoms with Crippen molar-refractivity contribution in [2.75, 3.05) is 0 Å². The summed E-state index contributed by atoms with van der Waals surface area (Å²) in [7, 11) is 0. The van der Waals surface area contributed by atoms with Gasteiger partial charge in [0.25, 0.3) is 0 Å². The van der Waals surface area contributed by atoms with Crippen LogP contribution in [-0.4, -0.2) is 6.04 Å². The van der Waals surface area contributed by atoms with Crippen LogP contribution in [0.25, 0.3) is 10.1 Å². The van der Waals surface area contributed by atoms with E-state index in [0.29, 0.717) is 0 Å². The lowest BCUT2D eigenvalue weighted by Crippen LogP contribution is -2.14. The third-order valence-corrected chi connectivity index (χ3v) is 4.30. The molecule has 0 unspecified atom stereocenters. The lowest BCUT2D eigenvalue weighted by atomic mass is 10.2. The van der Waals surface area contributed by atoms with Crippen molar-refractivity contribution < 1.29 is 0 Å². The van der Waals surface area contributed by atoms with Gasteiger partial charge in [0.15, 0.2) is 0 Å². The van der Waals surface area contributed by atoms with Crippen LogP contribution < -0.4 is 5.32 Å². The first-order valence-electron chi connectivity index (χ1n) is 5.23. The van der Waals surface area contributed by atoms with Gasteiger partial charge in [-0.25, -0.2) is 0 Å². The molecule has 1 aliphatic rings. The van der Waals surface area contributed by atoms with Crippen molar-refractivity contribution in [2.45, 2.75) is 25.4 Å². The van der Waals surface area contributed by atoms with E-state index in [4.69, 9.17) is 11.6 Å². The highest BCUT2D eigenvalue weighted by atomic mass is 35.5. The molecule has 78 valence electrons. The number of hydrogen-bond acceptors (Lipinski definition) is 2. The number of fused-ring (bicyclic) bond motifs is 1. The summed E-state index contributed by atoms with van der Waals surface area (Å²) in [5.74, 6) is 0. The molecule has 1 aromatic carbocycles. The van der Waals surface area contributed by atoms with E-state index in [1.165, 1.54) is 27.8 Å². The van der Waals surface area contributed by atoms with Gasteiger partial charge in [-0.15, -0.1) is 11.3 Å². The fraction of sp³-hybridized carbons (Fsp3) is 0.333. The Bertz CT molecular complexity index is 487. The van der Waals surface area contributed by atoms with Crippen molar-refractivity contribution in [3.63, 3.8) is 0 Å². The average molecular weight is 238 g/mol. The lowest BCUT2D eigenvalue weighted by molar-refractivity contribution is 0.695. The zero-order valence-corrected chi connectivity index (χ0v) is 9.87. The minimum absolute atomic E-state index is 0.769. The molecule has 15 heavy (non-hydrogen) atoms. The minimum atomic E-state index is 0.769. The highest BCUT2D eigenvalue weighted by Gasteiger charge is 2.20. The molecule has 0 radical (unpaired) electrons. The third-order valence-electron chi connectivity index (χ3n) is 2.69. The molecule has 1 heterocycles. The van der Waals surface area contributed by atoms with Gasteiger partial charge in [0, 0.05) is 17.5 Å². The lowest BCUT2D eigenvalue weighted by Gasteiger charge is -1.97. The summed E-state index contributed by atoms with van der Waals surface area (Å²) in [5.41, 5.74) is 0. The van der Waals surface area contributed by atoms with Crippen LogP contribution in [0, 0.1) is 0 Å². The van der Waals surface area contributed by atoms with Crippen LogP contribution in [0.2, 0.25) is 5.02 Å². The summed E-state index contributed by atoms with van der Waals surface area (Å²) in [6, 6.07) is 9.10. The number of nitrogens with one attached hydrogen (secondary N) is 1. The van der Waals surface area contributed by atoms with Gasteiger partial charge in [-0.2, -0.15) is 0 Å². The smallest absolute Gasteiger partial charge is 0.0584 e. The van der Waals surface area contributed by atoms with Crippen LogP contribution in [0.15, 0.2) is 24.3 Å². The van der Waals surface area contributed by atoms with Crippen molar-refractivity contribution >= 4 is 33.0 Å². The molecule has 3 heteroatoms. The molecule has 1 nitrogen and oxygen atoms in total. The highest BCUT2D eigenvalue weighted by molar-refractivity contribution is 7.19. The molecule has 0 bridgehead atoms. The summed E-state index contributed by atoms with van der Waals surface area (Å²) in [4.78, 5) is 1.38. The molecule has 1 aliphatic carbocycles. The molecule has 1 saturated carbocycles. The van der Waals surface area contributed by atoms with Gasteiger partial charge in [-0.1, -0.05) is 23.7 Å². The van der Waals surface area contributed by atoms with Crippen LogP contribution in [0.4, 0.5) is 0 Å². The summed E-state index contributed by atoms with van der Waals surface area (Å²) < 4.78 is 1.21. The Morgan fingerprint density at radius 3 is 3.00 bits per heavy atom. The second-order valence-corrected chi connectivity index (χ2v) is 5.57. The van der Waals surface area contributed by atoms with Crippen LogP contribution >= 0.6 is 22.9 Å². The van der Waals surface area contributed by atoms with Crippen molar-refractivity contribution in [2.24, 2.45) is 0 Å². The number of thiophene rings is 1. The quantitative estimate of drug-likeness (QED) is 0.856. The van der Waals surface area contributed by atoms with Gasteiger partial charge < -0.3 is 5.32 Å². The highest BCUT2D eigenvalue weighted by Crippen LogP contribution is 2.32. The van der Waals surface area contributed by atoms with E-state index in [1.807, 2.05) is 12.1 Å². The molecule has 0 aliphatic heterocycles.